The summed E-state index contributed by atoms with van der Waals surface area (Å²) < 4.78 is 5.15. The molecule has 104 valence electrons. The molecule has 0 saturated heterocycles. The Kier molecular flexibility index (Phi) is 5.65. The van der Waals surface area contributed by atoms with Crippen molar-refractivity contribution < 1.29 is 14.5 Å². The Balaban J connectivity index is 2.81. The van der Waals surface area contributed by atoms with E-state index >= 15 is 0 Å². The Morgan fingerprint density at radius 3 is 2.95 bits per heavy atom. The average Bonchev–Trinajstić information content (AvgIpc) is 2.36. The number of ether oxygens (including phenoxy) is 1. The number of amides is 1. The van der Waals surface area contributed by atoms with Gasteiger partial charge in [0.05, 0.1) is 17.1 Å². The number of hydrogen-bond acceptors (Lipinski definition) is 5. The van der Waals surface area contributed by atoms with Gasteiger partial charge in [0.2, 0.25) is 0 Å². The molecule has 1 aromatic heterocycles. The molecule has 0 aliphatic heterocycles. The van der Waals surface area contributed by atoms with Crippen LogP contribution in [-0.2, 0) is 4.74 Å². The van der Waals surface area contributed by atoms with Crippen molar-refractivity contribution in [2.45, 2.75) is 19.9 Å². The lowest BCUT2D eigenvalue weighted by Crippen LogP contribution is -2.36. The average molecular weight is 288 g/mol. The number of aromatic nitrogens is 1. The molecule has 0 fully saturated rings. The van der Waals surface area contributed by atoms with Crippen molar-refractivity contribution in [2.24, 2.45) is 0 Å². The van der Waals surface area contributed by atoms with Crippen molar-refractivity contribution in [3.05, 3.63) is 33.1 Å². The molecule has 0 aromatic carbocycles. The molecule has 1 atom stereocenters. The number of nitrogens with one attached hydrogen (secondary N) is 1. The third-order valence-electron chi connectivity index (χ3n) is 2.23. The lowest BCUT2D eigenvalue weighted by molar-refractivity contribution is -0.385. The summed E-state index contributed by atoms with van der Waals surface area (Å²) in [5.74, 6) is -0.520. The summed E-state index contributed by atoms with van der Waals surface area (Å²) in [6.45, 7) is 4.49. The molecule has 0 bridgehead atoms. The molecule has 1 heterocycles. The van der Waals surface area contributed by atoms with Gasteiger partial charge < -0.3 is 10.1 Å². The van der Waals surface area contributed by atoms with Gasteiger partial charge in [-0.15, -0.1) is 0 Å². The van der Waals surface area contributed by atoms with Gasteiger partial charge in [-0.05, 0) is 13.8 Å². The topological polar surface area (TPSA) is 94.4 Å². The fourth-order valence-electron chi connectivity index (χ4n) is 1.33. The zero-order valence-electron chi connectivity index (χ0n) is 10.6. The van der Waals surface area contributed by atoms with Crippen molar-refractivity contribution in [2.75, 3.05) is 13.2 Å². The minimum atomic E-state index is -0.635. The summed E-state index contributed by atoms with van der Waals surface area (Å²) in [6, 6.07) is 0.862. The monoisotopic (exact) mass is 287 g/mol. The van der Waals surface area contributed by atoms with Crippen LogP contribution >= 0.6 is 11.6 Å². The van der Waals surface area contributed by atoms with Crippen molar-refractivity contribution >= 4 is 23.2 Å². The smallest absolute Gasteiger partial charge is 0.288 e. The van der Waals surface area contributed by atoms with Gasteiger partial charge in [-0.25, -0.2) is 4.98 Å². The Morgan fingerprint density at radius 1 is 1.68 bits per heavy atom. The molecule has 0 radical (unpaired) electrons. The maximum Gasteiger partial charge on any atom is 0.288 e. The van der Waals surface area contributed by atoms with Gasteiger partial charge in [-0.1, -0.05) is 11.6 Å². The third kappa shape index (κ3) is 4.46. The van der Waals surface area contributed by atoms with Crippen LogP contribution < -0.4 is 5.32 Å². The SMILES string of the molecule is CCOCC(C)NC(=O)c1cc([N+](=O)[O-])cnc1Cl. The van der Waals surface area contributed by atoms with Crippen LogP contribution in [0.1, 0.15) is 24.2 Å². The van der Waals surface area contributed by atoms with Gasteiger partial charge in [0, 0.05) is 18.7 Å². The summed E-state index contributed by atoms with van der Waals surface area (Å²) in [4.78, 5) is 25.5. The molecule has 0 spiro atoms. The summed E-state index contributed by atoms with van der Waals surface area (Å²) in [7, 11) is 0. The zero-order valence-corrected chi connectivity index (χ0v) is 11.3. The molecule has 7 nitrogen and oxygen atoms in total. The highest BCUT2D eigenvalue weighted by molar-refractivity contribution is 6.32. The van der Waals surface area contributed by atoms with Crippen LogP contribution in [0.4, 0.5) is 5.69 Å². The maximum absolute atomic E-state index is 11.9. The molecule has 19 heavy (non-hydrogen) atoms. The second kappa shape index (κ2) is 7.01. The first-order valence-electron chi connectivity index (χ1n) is 5.64. The van der Waals surface area contributed by atoms with Gasteiger partial charge in [0.1, 0.15) is 11.3 Å². The highest BCUT2D eigenvalue weighted by atomic mass is 35.5. The molecule has 0 aliphatic rings. The Hall–Kier alpha value is -1.73. The molecular formula is C11H14ClN3O4. The molecule has 0 aliphatic carbocycles. The van der Waals surface area contributed by atoms with Gasteiger partial charge in [-0.2, -0.15) is 0 Å². The van der Waals surface area contributed by atoms with Crippen LogP contribution in [0.3, 0.4) is 0 Å². The van der Waals surface area contributed by atoms with Crippen molar-refractivity contribution in [3.63, 3.8) is 0 Å². The van der Waals surface area contributed by atoms with E-state index in [4.69, 9.17) is 16.3 Å². The van der Waals surface area contributed by atoms with Gasteiger partial charge in [0.25, 0.3) is 11.6 Å². The quantitative estimate of drug-likeness (QED) is 0.489. The molecule has 1 N–H and O–H groups in total. The van der Waals surface area contributed by atoms with Crippen LogP contribution in [0, 0.1) is 10.1 Å². The number of nitro groups is 1. The van der Waals surface area contributed by atoms with E-state index in [0.717, 1.165) is 12.3 Å². The number of pyridine rings is 1. The third-order valence-corrected chi connectivity index (χ3v) is 2.53. The predicted octanol–water partition coefficient (Wildman–Crippen LogP) is 1.80. The second-order valence-corrected chi connectivity index (χ2v) is 4.18. The standard InChI is InChI=1S/C11H14ClN3O4/c1-3-19-6-7(2)14-11(16)9-4-8(15(17)18)5-13-10(9)12/h4-5,7H,3,6H2,1-2H3,(H,14,16). The van der Waals surface area contributed by atoms with E-state index in [9.17, 15) is 14.9 Å². The van der Waals surface area contributed by atoms with E-state index in [0.29, 0.717) is 13.2 Å². The lowest BCUT2D eigenvalue weighted by Gasteiger charge is -2.13. The van der Waals surface area contributed by atoms with E-state index in [1.807, 2.05) is 6.92 Å². The van der Waals surface area contributed by atoms with E-state index in [1.54, 1.807) is 6.92 Å². The van der Waals surface area contributed by atoms with E-state index < -0.39 is 10.8 Å². The number of hydrogen-bond donors (Lipinski definition) is 1. The molecule has 1 unspecified atom stereocenters. The summed E-state index contributed by atoms with van der Waals surface area (Å²) in [6.07, 6.45) is 1.00. The summed E-state index contributed by atoms with van der Waals surface area (Å²) in [5, 5.41) is 13.2. The number of halogens is 1. The van der Waals surface area contributed by atoms with Gasteiger partial charge in [-0.3, -0.25) is 14.9 Å². The zero-order chi connectivity index (χ0) is 14.4. The molecule has 1 amide bonds. The molecule has 1 aromatic rings. The Labute approximate surface area is 115 Å². The minimum absolute atomic E-state index is 0.0285. The number of carbonyl (C=O) groups excluding carboxylic acids is 1. The lowest BCUT2D eigenvalue weighted by atomic mass is 10.2. The first-order chi connectivity index (χ1) is 8.95. The first kappa shape index (κ1) is 15.3. The van der Waals surface area contributed by atoms with Crippen LogP contribution in [0.15, 0.2) is 12.3 Å². The highest BCUT2D eigenvalue weighted by Gasteiger charge is 2.18. The molecule has 1 rings (SSSR count). The van der Waals surface area contributed by atoms with E-state index in [-0.39, 0.29) is 22.4 Å². The summed E-state index contributed by atoms with van der Waals surface area (Å²) >= 11 is 5.76. The largest absolute Gasteiger partial charge is 0.380 e. The van der Waals surface area contributed by atoms with E-state index in [1.165, 1.54) is 0 Å². The number of nitrogens with zero attached hydrogens (tertiary/aromatic N) is 2. The second-order valence-electron chi connectivity index (χ2n) is 3.82. The number of carbonyl (C=O) groups is 1. The Bertz CT molecular complexity index is 481. The van der Waals surface area contributed by atoms with Crippen molar-refractivity contribution in [1.82, 2.24) is 10.3 Å². The molecule has 0 saturated carbocycles. The Morgan fingerprint density at radius 2 is 2.37 bits per heavy atom. The fourth-order valence-corrected chi connectivity index (χ4v) is 1.52. The van der Waals surface area contributed by atoms with Gasteiger partial charge in [0.15, 0.2) is 0 Å². The summed E-state index contributed by atoms with van der Waals surface area (Å²) in [5.41, 5.74) is -0.314. The van der Waals surface area contributed by atoms with Gasteiger partial charge >= 0.3 is 0 Å². The minimum Gasteiger partial charge on any atom is -0.380 e. The van der Waals surface area contributed by atoms with E-state index in [2.05, 4.69) is 10.3 Å². The predicted molar refractivity (Wildman–Crippen MR) is 69.3 cm³/mol. The fraction of sp³-hybridized carbons (Fsp3) is 0.455. The van der Waals surface area contributed by atoms with Crippen LogP contribution in [0.5, 0.6) is 0 Å². The maximum atomic E-state index is 11.9. The van der Waals surface area contributed by atoms with Crippen molar-refractivity contribution in [1.29, 1.82) is 0 Å². The van der Waals surface area contributed by atoms with Crippen LogP contribution in [0.2, 0.25) is 5.15 Å². The highest BCUT2D eigenvalue weighted by Crippen LogP contribution is 2.19. The van der Waals surface area contributed by atoms with Crippen LogP contribution in [0.25, 0.3) is 0 Å². The first-order valence-corrected chi connectivity index (χ1v) is 6.02. The van der Waals surface area contributed by atoms with Crippen molar-refractivity contribution in [3.8, 4) is 0 Å². The normalized spacial score (nSPS) is 11.9. The van der Waals surface area contributed by atoms with Crippen LogP contribution in [-0.4, -0.2) is 35.1 Å². The molecule has 8 heteroatoms. The molecular weight excluding hydrogens is 274 g/mol. The number of rotatable bonds is 6.